The van der Waals surface area contributed by atoms with Gasteiger partial charge < -0.3 is 14.2 Å². The molecule has 4 atom stereocenters. The summed E-state index contributed by atoms with van der Waals surface area (Å²) in [5.41, 5.74) is 0. The first-order valence-electron chi connectivity index (χ1n) is 5.04. The monoisotopic (exact) mass is 234 g/mol. The van der Waals surface area contributed by atoms with Crippen LogP contribution in [0.25, 0.3) is 0 Å². The summed E-state index contributed by atoms with van der Waals surface area (Å²) in [5.74, 6) is -1.06. The molecule has 0 aromatic rings. The van der Waals surface area contributed by atoms with Crippen LogP contribution in [0.1, 0.15) is 27.2 Å². The van der Waals surface area contributed by atoms with Gasteiger partial charge in [0.1, 0.15) is 6.10 Å². The summed E-state index contributed by atoms with van der Waals surface area (Å²) in [6.45, 7) is 4.02. The molecule has 1 fully saturated rings. The van der Waals surface area contributed by atoms with Crippen LogP contribution in [0.2, 0.25) is 0 Å². The molecule has 92 valence electrons. The molecule has 0 aliphatic carbocycles. The second kappa shape index (κ2) is 5.25. The standard InChI is InChI=1S/C10H15FO5/c1-5-10(16-7(3)13)8(15-6(2)12)4-9(11)14-5/h5,8-10H,4H2,1-3H3/t5-,8-,9+,10-/m0/s1. The fraction of sp³-hybridized carbons (Fsp3) is 0.800. The Kier molecular flexibility index (Phi) is 4.23. The van der Waals surface area contributed by atoms with Crippen LogP contribution in [0.5, 0.6) is 0 Å². The highest BCUT2D eigenvalue weighted by Crippen LogP contribution is 2.26. The summed E-state index contributed by atoms with van der Waals surface area (Å²) < 4.78 is 27.8. The van der Waals surface area contributed by atoms with Gasteiger partial charge >= 0.3 is 11.9 Å². The second-order valence-electron chi connectivity index (χ2n) is 3.71. The molecule has 0 bridgehead atoms. The number of hydrogen-bond donors (Lipinski definition) is 0. The topological polar surface area (TPSA) is 61.8 Å². The van der Waals surface area contributed by atoms with E-state index in [2.05, 4.69) is 0 Å². The zero-order valence-electron chi connectivity index (χ0n) is 9.44. The first kappa shape index (κ1) is 12.9. The number of carbonyl (C=O) groups is 2. The number of rotatable bonds is 2. The van der Waals surface area contributed by atoms with Crippen molar-refractivity contribution in [2.45, 2.75) is 51.9 Å². The predicted octanol–water partition coefficient (Wildman–Crippen LogP) is 0.954. The zero-order valence-corrected chi connectivity index (χ0v) is 9.44. The number of carbonyl (C=O) groups excluding carboxylic acids is 2. The van der Waals surface area contributed by atoms with Crippen LogP contribution in [0.4, 0.5) is 4.39 Å². The van der Waals surface area contributed by atoms with E-state index in [0.29, 0.717) is 0 Å². The van der Waals surface area contributed by atoms with Crippen LogP contribution in [0.3, 0.4) is 0 Å². The average molecular weight is 234 g/mol. The molecule has 6 heteroatoms. The van der Waals surface area contributed by atoms with Gasteiger partial charge in [-0.2, -0.15) is 0 Å². The maximum Gasteiger partial charge on any atom is 0.303 e. The van der Waals surface area contributed by atoms with Gasteiger partial charge in [0, 0.05) is 20.3 Å². The van der Waals surface area contributed by atoms with Crippen LogP contribution in [0.15, 0.2) is 0 Å². The van der Waals surface area contributed by atoms with Crippen LogP contribution in [-0.4, -0.2) is 36.6 Å². The molecule has 0 radical (unpaired) electrons. The first-order valence-corrected chi connectivity index (χ1v) is 5.04. The lowest BCUT2D eigenvalue weighted by Crippen LogP contribution is -2.49. The van der Waals surface area contributed by atoms with E-state index in [1.165, 1.54) is 13.8 Å². The van der Waals surface area contributed by atoms with Gasteiger partial charge in [-0.1, -0.05) is 0 Å². The highest BCUT2D eigenvalue weighted by atomic mass is 19.1. The Bertz CT molecular complexity index is 280. The predicted molar refractivity (Wildman–Crippen MR) is 51.2 cm³/mol. The molecule has 0 N–H and O–H groups in total. The summed E-state index contributed by atoms with van der Waals surface area (Å²) in [5, 5.41) is 0. The molecule has 5 nitrogen and oxygen atoms in total. The molecule has 0 aromatic heterocycles. The maximum atomic E-state index is 13.1. The van der Waals surface area contributed by atoms with E-state index in [0.717, 1.165) is 0 Å². The van der Waals surface area contributed by atoms with Gasteiger partial charge in [-0.25, -0.2) is 4.39 Å². The Morgan fingerprint density at radius 3 is 2.31 bits per heavy atom. The first-order chi connectivity index (χ1) is 7.40. The number of esters is 2. The average Bonchev–Trinajstić information content (AvgIpc) is 2.09. The molecule has 1 aliphatic rings. The van der Waals surface area contributed by atoms with E-state index in [1.54, 1.807) is 6.92 Å². The largest absolute Gasteiger partial charge is 0.458 e. The van der Waals surface area contributed by atoms with E-state index >= 15 is 0 Å². The molecule has 16 heavy (non-hydrogen) atoms. The molecule has 0 saturated carbocycles. The van der Waals surface area contributed by atoms with Crippen molar-refractivity contribution in [1.29, 1.82) is 0 Å². The van der Waals surface area contributed by atoms with Crippen molar-refractivity contribution in [3.8, 4) is 0 Å². The Labute approximate surface area is 92.8 Å². The molecule has 1 saturated heterocycles. The third-order valence-electron chi connectivity index (χ3n) is 2.23. The van der Waals surface area contributed by atoms with Gasteiger partial charge in [0.05, 0.1) is 6.10 Å². The fourth-order valence-electron chi connectivity index (χ4n) is 1.68. The third kappa shape index (κ3) is 3.44. The lowest BCUT2D eigenvalue weighted by atomic mass is 10.0. The van der Waals surface area contributed by atoms with Crippen LogP contribution in [-0.2, 0) is 23.8 Å². The van der Waals surface area contributed by atoms with E-state index in [9.17, 15) is 14.0 Å². The van der Waals surface area contributed by atoms with Crippen molar-refractivity contribution in [1.82, 2.24) is 0 Å². The molecule has 0 amide bonds. The van der Waals surface area contributed by atoms with Crippen molar-refractivity contribution < 1.29 is 28.2 Å². The molecular weight excluding hydrogens is 219 g/mol. The summed E-state index contributed by atoms with van der Waals surface area (Å²) >= 11 is 0. The third-order valence-corrected chi connectivity index (χ3v) is 2.23. The van der Waals surface area contributed by atoms with Crippen molar-refractivity contribution in [2.75, 3.05) is 0 Å². The van der Waals surface area contributed by atoms with Crippen molar-refractivity contribution in [2.24, 2.45) is 0 Å². The van der Waals surface area contributed by atoms with Crippen LogP contribution in [0, 0.1) is 0 Å². The van der Waals surface area contributed by atoms with Gasteiger partial charge in [-0.15, -0.1) is 0 Å². The fourth-order valence-corrected chi connectivity index (χ4v) is 1.68. The molecule has 0 aromatic carbocycles. The minimum absolute atomic E-state index is 0.123. The van der Waals surface area contributed by atoms with Gasteiger partial charge in [-0.3, -0.25) is 9.59 Å². The summed E-state index contributed by atoms with van der Waals surface area (Å²) in [6, 6.07) is 0. The summed E-state index contributed by atoms with van der Waals surface area (Å²) in [7, 11) is 0. The minimum Gasteiger partial charge on any atom is -0.458 e. The highest BCUT2D eigenvalue weighted by Gasteiger charge is 2.40. The molecular formula is C10H15FO5. The molecule has 0 spiro atoms. The van der Waals surface area contributed by atoms with E-state index < -0.39 is 36.6 Å². The Balaban J connectivity index is 2.71. The minimum atomic E-state index is -1.51. The SMILES string of the molecule is CC(=O)O[C@H]1[C@H](C)O[C@@H](F)C[C@@H]1OC(C)=O. The lowest BCUT2D eigenvalue weighted by Gasteiger charge is -2.36. The smallest absolute Gasteiger partial charge is 0.303 e. The van der Waals surface area contributed by atoms with Crippen molar-refractivity contribution in [3.05, 3.63) is 0 Å². The molecule has 1 heterocycles. The van der Waals surface area contributed by atoms with E-state index in [1.807, 2.05) is 0 Å². The van der Waals surface area contributed by atoms with Crippen LogP contribution < -0.4 is 0 Å². The number of halogens is 1. The van der Waals surface area contributed by atoms with Crippen LogP contribution >= 0.6 is 0 Å². The summed E-state index contributed by atoms with van der Waals surface area (Å²) in [6.07, 6.45) is -3.82. The van der Waals surface area contributed by atoms with Gasteiger partial charge in [0.2, 0.25) is 6.36 Å². The number of alkyl halides is 1. The Morgan fingerprint density at radius 2 is 1.81 bits per heavy atom. The lowest BCUT2D eigenvalue weighted by molar-refractivity contribution is -0.222. The maximum absolute atomic E-state index is 13.1. The van der Waals surface area contributed by atoms with Gasteiger partial charge in [-0.05, 0) is 6.92 Å². The second-order valence-corrected chi connectivity index (χ2v) is 3.71. The van der Waals surface area contributed by atoms with E-state index in [-0.39, 0.29) is 6.42 Å². The number of hydrogen-bond acceptors (Lipinski definition) is 5. The molecule has 0 unspecified atom stereocenters. The quantitative estimate of drug-likeness (QED) is 0.666. The van der Waals surface area contributed by atoms with E-state index in [4.69, 9.17) is 14.2 Å². The normalized spacial score (nSPS) is 34.2. The van der Waals surface area contributed by atoms with Gasteiger partial charge in [0.15, 0.2) is 6.10 Å². The highest BCUT2D eigenvalue weighted by molar-refractivity contribution is 5.67. The Hall–Kier alpha value is -1.17. The van der Waals surface area contributed by atoms with Crippen molar-refractivity contribution in [3.63, 3.8) is 0 Å². The Morgan fingerprint density at radius 1 is 1.25 bits per heavy atom. The molecule has 1 aliphatic heterocycles. The van der Waals surface area contributed by atoms with Gasteiger partial charge in [0.25, 0.3) is 0 Å². The molecule has 1 rings (SSSR count). The number of ether oxygens (including phenoxy) is 3. The zero-order chi connectivity index (χ0) is 12.3. The summed E-state index contributed by atoms with van der Waals surface area (Å²) in [4.78, 5) is 21.7. The van der Waals surface area contributed by atoms with Crippen molar-refractivity contribution >= 4 is 11.9 Å².